The van der Waals surface area contributed by atoms with Crippen LogP contribution >= 0.6 is 0 Å². The van der Waals surface area contributed by atoms with Gasteiger partial charge in [0.25, 0.3) is 0 Å². The molecular weight excluding hydrogens is 198 g/mol. The van der Waals surface area contributed by atoms with E-state index in [0.717, 1.165) is 6.42 Å². The lowest BCUT2D eigenvalue weighted by molar-refractivity contribution is 0.143. The topological polar surface area (TPSA) is 38.7 Å². The van der Waals surface area contributed by atoms with E-state index in [0.29, 0.717) is 24.2 Å². The quantitative estimate of drug-likeness (QED) is 0.720. The zero-order chi connectivity index (χ0) is 10.7. The molecule has 1 N–H and O–H groups in total. The summed E-state index contributed by atoms with van der Waals surface area (Å²) >= 11 is 0. The molecule has 5 heteroatoms. The second kappa shape index (κ2) is 4.74. The molecule has 1 saturated heterocycles. The Morgan fingerprint density at radius 1 is 1.33 bits per heavy atom. The average Bonchev–Trinajstić information content (AvgIpc) is 2.30. The summed E-state index contributed by atoms with van der Waals surface area (Å²) < 4.78 is 23.7. The first kappa shape index (κ1) is 10.6. The minimum absolute atomic E-state index is 0.212. The summed E-state index contributed by atoms with van der Waals surface area (Å²) in [6, 6.07) is 4.24. The van der Waals surface area contributed by atoms with Crippen LogP contribution in [-0.4, -0.2) is 25.4 Å². The molecule has 0 saturated carbocycles. The molecule has 2 rings (SSSR count). The number of hydrogen-bond donors (Lipinski definition) is 1. The molecule has 1 aliphatic heterocycles. The Bertz CT molecular complexity index is 339. The minimum Gasteiger partial charge on any atom is -0.407 e. The van der Waals surface area contributed by atoms with Crippen LogP contribution in [0.4, 0.5) is 4.39 Å². The molecule has 0 spiro atoms. The molecule has 3 nitrogen and oxygen atoms in total. The molecule has 0 unspecified atom stereocenters. The van der Waals surface area contributed by atoms with Crippen LogP contribution in [-0.2, 0) is 15.9 Å². The van der Waals surface area contributed by atoms with E-state index in [1.165, 1.54) is 12.1 Å². The molecule has 0 radical (unpaired) electrons. The van der Waals surface area contributed by atoms with Gasteiger partial charge in [0.2, 0.25) is 0 Å². The highest BCUT2D eigenvalue weighted by Crippen LogP contribution is 2.07. The maximum Gasteiger partial charge on any atom is 0.494 e. The zero-order valence-electron chi connectivity index (χ0n) is 8.28. The standard InChI is InChI=1S/C10H12BFO3/c12-9-2-3-10(8(6-9)7-13)11-14-4-1-5-15-11/h2-3,6,13H,1,4-5,7H2. The molecule has 15 heavy (non-hydrogen) atoms. The largest absolute Gasteiger partial charge is 0.494 e. The van der Waals surface area contributed by atoms with Gasteiger partial charge in [-0.25, -0.2) is 4.39 Å². The van der Waals surface area contributed by atoms with Crippen molar-refractivity contribution >= 4 is 12.6 Å². The molecule has 1 fully saturated rings. The van der Waals surface area contributed by atoms with E-state index in [2.05, 4.69) is 0 Å². The van der Waals surface area contributed by atoms with Crippen molar-refractivity contribution in [3.63, 3.8) is 0 Å². The van der Waals surface area contributed by atoms with Gasteiger partial charge in [-0.3, -0.25) is 0 Å². The Kier molecular flexibility index (Phi) is 3.35. The normalized spacial score (nSPS) is 16.8. The molecule has 80 valence electrons. The zero-order valence-corrected chi connectivity index (χ0v) is 8.28. The summed E-state index contributed by atoms with van der Waals surface area (Å²) in [4.78, 5) is 0. The van der Waals surface area contributed by atoms with Crippen molar-refractivity contribution in [1.82, 2.24) is 0 Å². The second-order valence-corrected chi connectivity index (χ2v) is 3.43. The molecule has 1 heterocycles. The van der Waals surface area contributed by atoms with Crippen molar-refractivity contribution in [2.75, 3.05) is 13.2 Å². The van der Waals surface area contributed by atoms with Gasteiger partial charge in [-0.1, -0.05) is 6.07 Å². The number of rotatable bonds is 2. The van der Waals surface area contributed by atoms with Crippen LogP contribution in [0, 0.1) is 5.82 Å². The number of hydrogen-bond acceptors (Lipinski definition) is 3. The monoisotopic (exact) mass is 210 g/mol. The highest BCUT2D eigenvalue weighted by atomic mass is 19.1. The molecule has 1 aliphatic rings. The Morgan fingerprint density at radius 3 is 2.73 bits per heavy atom. The highest BCUT2D eigenvalue weighted by molar-refractivity contribution is 6.61. The molecular formula is C10H12BFO3. The van der Waals surface area contributed by atoms with Gasteiger partial charge in [-0.2, -0.15) is 0 Å². The molecule has 0 amide bonds. The predicted molar refractivity (Wildman–Crippen MR) is 54.2 cm³/mol. The van der Waals surface area contributed by atoms with Crippen LogP contribution in [0.1, 0.15) is 12.0 Å². The minimum atomic E-state index is -0.471. The van der Waals surface area contributed by atoms with Crippen LogP contribution in [0.2, 0.25) is 0 Å². The van der Waals surface area contributed by atoms with Crippen molar-refractivity contribution in [2.24, 2.45) is 0 Å². The Balaban J connectivity index is 2.25. The van der Waals surface area contributed by atoms with Crippen molar-refractivity contribution in [3.05, 3.63) is 29.6 Å². The highest BCUT2D eigenvalue weighted by Gasteiger charge is 2.26. The summed E-state index contributed by atoms with van der Waals surface area (Å²) in [7, 11) is -0.471. The van der Waals surface area contributed by atoms with E-state index >= 15 is 0 Å². The van der Waals surface area contributed by atoms with Crippen LogP contribution in [0.25, 0.3) is 0 Å². The average molecular weight is 210 g/mol. The molecule has 1 aromatic rings. The SMILES string of the molecule is OCc1cc(F)ccc1B1OCCCO1. The van der Waals surface area contributed by atoms with Gasteiger partial charge >= 0.3 is 7.12 Å². The van der Waals surface area contributed by atoms with E-state index in [4.69, 9.17) is 14.4 Å². The fraction of sp³-hybridized carbons (Fsp3) is 0.400. The smallest absolute Gasteiger partial charge is 0.407 e. The maximum atomic E-state index is 12.9. The summed E-state index contributed by atoms with van der Waals surface area (Å²) in [6.45, 7) is 1.05. The number of aliphatic hydroxyl groups excluding tert-OH is 1. The Hall–Kier alpha value is -0.905. The third-order valence-electron chi connectivity index (χ3n) is 2.36. The lowest BCUT2D eigenvalue weighted by Gasteiger charge is -2.21. The first-order valence-electron chi connectivity index (χ1n) is 4.93. The lowest BCUT2D eigenvalue weighted by atomic mass is 9.75. The third kappa shape index (κ3) is 2.37. The number of halogens is 1. The van der Waals surface area contributed by atoms with Crippen molar-refractivity contribution in [2.45, 2.75) is 13.0 Å². The van der Waals surface area contributed by atoms with Gasteiger partial charge in [0.1, 0.15) is 5.82 Å². The van der Waals surface area contributed by atoms with Gasteiger partial charge in [0.15, 0.2) is 0 Å². The molecule has 0 bridgehead atoms. The van der Waals surface area contributed by atoms with Crippen molar-refractivity contribution in [3.8, 4) is 0 Å². The van der Waals surface area contributed by atoms with Crippen molar-refractivity contribution in [1.29, 1.82) is 0 Å². The second-order valence-electron chi connectivity index (χ2n) is 3.43. The molecule has 0 aromatic heterocycles. The Morgan fingerprint density at radius 2 is 2.07 bits per heavy atom. The molecule has 0 atom stereocenters. The van der Waals surface area contributed by atoms with Crippen LogP contribution in [0.5, 0.6) is 0 Å². The van der Waals surface area contributed by atoms with Crippen LogP contribution < -0.4 is 5.46 Å². The van der Waals surface area contributed by atoms with Gasteiger partial charge in [0, 0.05) is 13.2 Å². The number of aliphatic hydroxyl groups is 1. The van der Waals surface area contributed by atoms with Crippen LogP contribution in [0.3, 0.4) is 0 Å². The van der Waals surface area contributed by atoms with Crippen LogP contribution in [0.15, 0.2) is 18.2 Å². The van der Waals surface area contributed by atoms with Crippen molar-refractivity contribution < 1.29 is 18.8 Å². The number of benzene rings is 1. The van der Waals surface area contributed by atoms with Gasteiger partial charge in [-0.15, -0.1) is 0 Å². The summed E-state index contributed by atoms with van der Waals surface area (Å²) in [5.74, 6) is -0.362. The van der Waals surface area contributed by atoms with E-state index in [9.17, 15) is 4.39 Å². The predicted octanol–water partition coefficient (Wildman–Crippen LogP) is 0.450. The summed E-state index contributed by atoms with van der Waals surface area (Å²) in [5.41, 5.74) is 1.22. The van der Waals surface area contributed by atoms with Gasteiger partial charge < -0.3 is 14.4 Å². The van der Waals surface area contributed by atoms with Gasteiger partial charge in [0.05, 0.1) is 6.61 Å². The van der Waals surface area contributed by atoms with E-state index in [1.807, 2.05) is 0 Å². The van der Waals surface area contributed by atoms with E-state index in [1.54, 1.807) is 6.07 Å². The first-order valence-corrected chi connectivity index (χ1v) is 4.93. The maximum absolute atomic E-state index is 12.9. The summed E-state index contributed by atoms with van der Waals surface area (Å²) in [5, 5.41) is 9.10. The fourth-order valence-electron chi connectivity index (χ4n) is 1.61. The van der Waals surface area contributed by atoms with E-state index in [-0.39, 0.29) is 12.4 Å². The fourth-order valence-corrected chi connectivity index (χ4v) is 1.61. The Labute approximate surface area is 88.0 Å². The third-order valence-corrected chi connectivity index (χ3v) is 2.36. The molecule has 0 aliphatic carbocycles. The first-order chi connectivity index (χ1) is 7.31. The lowest BCUT2D eigenvalue weighted by Crippen LogP contribution is -2.42. The van der Waals surface area contributed by atoms with E-state index < -0.39 is 7.12 Å². The van der Waals surface area contributed by atoms with Gasteiger partial charge in [-0.05, 0) is 29.6 Å². The molecule has 1 aromatic carbocycles. The summed E-state index contributed by atoms with van der Waals surface area (Å²) in [6.07, 6.45) is 0.867.